The van der Waals surface area contributed by atoms with Crippen molar-refractivity contribution >= 4 is 54.7 Å². The number of rotatable bonds is 2. The van der Waals surface area contributed by atoms with Crippen LogP contribution in [0.1, 0.15) is 20.8 Å². The summed E-state index contributed by atoms with van der Waals surface area (Å²) in [6.45, 7) is 1.86. The predicted molar refractivity (Wildman–Crippen MR) is 78.7 cm³/mol. The second-order valence-corrected chi connectivity index (χ2v) is 7.19. The maximum absolute atomic E-state index is 13.2. The summed E-state index contributed by atoms with van der Waals surface area (Å²) in [6.07, 6.45) is 0. The van der Waals surface area contributed by atoms with Crippen LogP contribution in [0.15, 0.2) is 26.5 Å². The molecule has 0 bridgehead atoms. The van der Waals surface area contributed by atoms with Crippen molar-refractivity contribution in [1.29, 1.82) is 0 Å². The Morgan fingerprint density at radius 2 is 1.94 bits per heavy atom. The van der Waals surface area contributed by atoms with Crippen LogP contribution in [0.25, 0.3) is 0 Å². The van der Waals surface area contributed by atoms with E-state index in [1.54, 1.807) is 6.07 Å². The van der Waals surface area contributed by atoms with Gasteiger partial charge in [-0.25, -0.2) is 4.39 Å². The molecule has 0 saturated heterocycles. The molecule has 1 aromatic carbocycles. The summed E-state index contributed by atoms with van der Waals surface area (Å²) in [4.78, 5) is 13.2. The van der Waals surface area contributed by atoms with Crippen LogP contribution in [-0.4, -0.2) is 5.78 Å². The Hall–Kier alpha value is -0.720. The first-order valence-corrected chi connectivity index (χ1v) is 7.35. The van der Waals surface area contributed by atoms with Crippen molar-refractivity contribution in [3.05, 3.63) is 48.3 Å². The molecule has 2 aromatic rings. The number of nitrogen functional groups attached to an aromatic ring is 1. The molecule has 2 nitrogen and oxygen atoms in total. The maximum Gasteiger partial charge on any atom is 0.195 e. The van der Waals surface area contributed by atoms with Gasteiger partial charge in [0.15, 0.2) is 5.78 Å². The third-order valence-corrected chi connectivity index (χ3v) is 4.67. The molecule has 0 unspecified atom stereocenters. The first-order chi connectivity index (χ1) is 8.40. The Kier molecular flexibility index (Phi) is 3.89. The number of carbonyl (C=O) groups is 1. The van der Waals surface area contributed by atoms with E-state index in [1.807, 2.05) is 6.92 Å². The topological polar surface area (TPSA) is 43.1 Å². The number of ketones is 1. The van der Waals surface area contributed by atoms with Gasteiger partial charge in [-0.1, -0.05) is 0 Å². The minimum atomic E-state index is -0.540. The van der Waals surface area contributed by atoms with Crippen LogP contribution in [0, 0.1) is 12.7 Å². The summed E-state index contributed by atoms with van der Waals surface area (Å²) in [6, 6.07) is 4.32. The van der Waals surface area contributed by atoms with Gasteiger partial charge in [-0.15, -0.1) is 11.3 Å². The molecule has 1 aromatic heterocycles. The Bertz CT molecular complexity index is 639. The van der Waals surface area contributed by atoms with Gasteiger partial charge in [0.25, 0.3) is 0 Å². The highest BCUT2D eigenvalue weighted by atomic mass is 79.9. The lowest BCUT2D eigenvalue weighted by Gasteiger charge is -2.05. The lowest BCUT2D eigenvalue weighted by atomic mass is 10.0. The Morgan fingerprint density at radius 1 is 1.28 bits per heavy atom. The number of benzene rings is 1. The second-order valence-electron chi connectivity index (χ2n) is 3.70. The molecule has 0 spiro atoms. The molecule has 6 heteroatoms. The molecule has 0 aliphatic carbocycles. The smallest absolute Gasteiger partial charge is 0.195 e. The zero-order valence-corrected chi connectivity index (χ0v) is 13.2. The van der Waals surface area contributed by atoms with E-state index < -0.39 is 5.82 Å². The number of anilines is 1. The first-order valence-electron chi connectivity index (χ1n) is 4.95. The number of thiophene rings is 1. The molecule has 0 saturated carbocycles. The van der Waals surface area contributed by atoms with Gasteiger partial charge in [-0.05, 0) is 57.0 Å². The highest BCUT2D eigenvalue weighted by Crippen LogP contribution is 2.31. The maximum atomic E-state index is 13.2. The van der Waals surface area contributed by atoms with E-state index in [0.717, 1.165) is 8.66 Å². The van der Waals surface area contributed by atoms with E-state index in [0.29, 0.717) is 15.6 Å². The van der Waals surface area contributed by atoms with Gasteiger partial charge < -0.3 is 5.73 Å². The standard InChI is InChI=1S/C12H8Br2FNOS/c1-5-6(3-11(14)18-5)12(17)7-2-10(16)9(15)4-8(7)13/h2-4H,16H2,1H3. The van der Waals surface area contributed by atoms with Crippen molar-refractivity contribution in [2.45, 2.75) is 6.92 Å². The minimum absolute atomic E-state index is 0.0338. The largest absolute Gasteiger partial charge is 0.396 e. The Balaban J connectivity index is 2.53. The van der Waals surface area contributed by atoms with Gasteiger partial charge in [0.2, 0.25) is 0 Å². The van der Waals surface area contributed by atoms with Crippen LogP contribution >= 0.6 is 43.2 Å². The molecule has 0 aliphatic heterocycles. The van der Waals surface area contributed by atoms with Crippen molar-refractivity contribution in [2.24, 2.45) is 0 Å². The molecule has 94 valence electrons. The van der Waals surface area contributed by atoms with Crippen molar-refractivity contribution in [2.75, 3.05) is 5.73 Å². The van der Waals surface area contributed by atoms with E-state index >= 15 is 0 Å². The van der Waals surface area contributed by atoms with Crippen LogP contribution < -0.4 is 5.73 Å². The monoisotopic (exact) mass is 391 g/mol. The Labute approximate surface area is 124 Å². The molecule has 1 heterocycles. The molecule has 2 N–H and O–H groups in total. The van der Waals surface area contributed by atoms with Crippen LogP contribution in [0.4, 0.5) is 10.1 Å². The van der Waals surface area contributed by atoms with E-state index in [1.165, 1.54) is 23.5 Å². The number of aryl methyl sites for hydroxylation is 1. The van der Waals surface area contributed by atoms with Crippen molar-refractivity contribution in [3.8, 4) is 0 Å². The minimum Gasteiger partial charge on any atom is -0.396 e. The number of nitrogens with two attached hydrogens (primary N) is 1. The number of halogens is 3. The molecule has 2 rings (SSSR count). The number of carbonyl (C=O) groups excluding carboxylic acids is 1. The lowest BCUT2D eigenvalue weighted by Crippen LogP contribution is -2.04. The van der Waals surface area contributed by atoms with Gasteiger partial charge in [0.05, 0.1) is 9.47 Å². The molecular formula is C12H8Br2FNOS. The quantitative estimate of drug-likeness (QED) is 0.602. The van der Waals surface area contributed by atoms with E-state index in [9.17, 15) is 9.18 Å². The molecular weight excluding hydrogens is 385 g/mol. The van der Waals surface area contributed by atoms with Crippen LogP contribution in [-0.2, 0) is 0 Å². The van der Waals surface area contributed by atoms with Crippen LogP contribution in [0.3, 0.4) is 0 Å². The molecule has 18 heavy (non-hydrogen) atoms. The third kappa shape index (κ3) is 2.50. The third-order valence-electron chi connectivity index (χ3n) is 2.46. The van der Waals surface area contributed by atoms with Gasteiger partial charge >= 0.3 is 0 Å². The average molecular weight is 393 g/mol. The molecule has 0 fully saturated rings. The number of hydrogen-bond acceptors (Lipinski definition) is 3. The summed E-state index contributed by atoms with van der Waals surface area (Å²) in [5, 5.41) is 0. The van der Waals surface area contributed by atoms with E-state index in [-0.39, 0.29) is 11.5 Å². The van der Waals surface area contributed by atoms with Gasteiger partial charge in [-0.2, -0.15) is 0 Å². The van der Waals surface area contributed by atoms with E-state index in [4.69, 9.17) is 5.73 Å². The van der Waals surface area contributed by atoms with Gasteiger partial charge in [0.1, 0.15) is 5.82 Å². The van der Waals surface area contributed by atoms with Crippen LogP contribution in [0.5, 0.6) is 0 Å². The zero-order valence-electron chi connectivity index (χ0n) is 9.26. The van der Waals surface area contributed by atoms with E-state index in [2.05, 4.69) is 31.9 Å². The molecule has 0 aliphatic rings. The fraction of sp³-hybridized carbons (Fsp3) is 0.0833. The lowest BCUT2D eigenvalue weighted by molar-refractivity contribution is 0.103. The summed E-state index contributed by atoms with van der Waals surface area (Å²) in [5.74, 6) is -0.713. The van der Waals surface area contributed by atoms with Crippen molar-refractivity contribution in [3.63, 3.8) is 0 Å². The zero-order chi connectivity index (χ0) is 13.4. The fourth-order valence-electron chi connectivity index (χ4n) is 1.56. The SMILES string of the molecule is Cc1sc(Br)cc1C(=O)c1cc(N)c(F)cc1Br. The number of hydrogen-bond donors (Lipinski definition) is 1. The Morgan fingerprint density at radius 3 is 2.50 bits per heavy atom. The summed E-state index contributed by atoms with van der Waals surface area (Å²) in [7, 11) is 0. The van der Waals surface area contributed by atoms with Crippen molar-refractivity contribution in [1.82, 2.24) is 0 Å². The van der Waals surface area contributed by atoms with Gasteiger partial charge in [0, 0.05) is 20.5 Å². The van der Waals surface area contributed by atoms with Crippen molar-refractivity contribution < 1.29 is 9.18 Å². The second kappa shape index (κ2) is 5.11. The highest BCUT2D eigenvalue weighted by molar-refractivity contribution is 9.11. The van der Waals surface area contributed by atoms with Gasteiger partial charge in [-0.3, -0.25) is 4.79 Å². The average Bonchev–Trinajstić information content (AvgIpc) is 2.62. The molecule has 0 radical (unpaired) electrons. The normalized spacial score (nSPS) is 10.7. The fourth-order valence-corrected chi connectivity index (χ4v) is 3.74. The molecule has 0 atom stereocenters. The summed E-state index contributed by atoms with van der Waals surface area (Å²) < 4.78 is 14.5. The summed E-state index contributed by atoms with van der Waals surface area (Å²) in [5.41, 5.74) is 6.42. The predicted octanol–water partition coefficient (Wildman–Crippen LogP) is 4.53. The summed E-state index contributed by atoms with van der Waals surface area (Å²) >= 11 is 8.00. The first kappa shape index (κ1) is 13.7. The molecule has 0 amide bonds. The van der Waals surface area contributed by atoms with Crippen LogP contribution in [0.2, 0.25) is 0 Å². The highest BCUT2D eigenvalue weighted by Gasteiger charge is 2.18.